The van der Waals surface area contributed by atoms with Crippen LogP contribution in [0.25, 0.3) is 0 Å². The van der Waals surface area contributed by atoms with E-state index in [9.17, 15) is 4.79 Å². The van der Waals surface area contributed by atoms with E-state index < -0.39 is 0 Å². The van der Waals surface area contributed by atoms with Gasteiger partial charge in [0.25, 0.3) is 0 Å². The van der Waals surface area contributed by atoms with E-state index in [4.69, 9.17) is 0 Å². The molecule has 1 heterocycles. The molecule has 0 aromatic carbocycles. The molecule has 3 rings (SSSR count). The largest absolute Gasteiger partial charge is 0.356 e. The highest BCUT2D eigenvalue weighted by Gasteiger charge is 2.57. The van der Waals surface area contributed by atoms with Gasteiger partial charge in [0.2, 0.25) is 5.91 Å². The van der Waals surface area contributed by atoms with Gasteiger partial charge in [-0.2, -0.15) is 0 Å². The van der Waals surface area contributed by atoms with E-state index in [-0.39, 0.29) is 0 Å². The lowest BCUT2D eigenvalue weighted by molar-refractivity contribution is -0.123. The Balaban J connectivity index is 1.40. The van der Waals surface area contributed by atoms with Crippen molar-refractivity contribution in [2.24, 2.45) is 23.2 Å². The molecular weight excluding hydrogens is 236 g/mol. The molecule has 3 aliphatic rings. The third-order valence-electron chi connectivity index (χ3n) is 5.81. The molecule has 108 valence electrons. The highest BCUT2D eigenvalue weighted by molar-refractivity contribution is 5.82. The fourth-order valence-corrected chi connectivity index (χ4v) is 4.10. The van der Waals surface area contributed by atoms with Crippen molar-refractivity contribution < 1.29 is 4.79 Å². The van der Waals surface area contributed by atoms with Crippen LogP contribution in [0.5, 0.6) is 0 Å². The Morgan fingerprint density at radius 3 is 2.58 bits per heavy atom. The zero-order valence-corrected chi connectivity index (χ0v) is 12.2. The Morgan fingerprint density at radius 2 is 1.89 bits per heavy atom. The molecule has 3 nitrogen and oxygen atoms in total. The first kappa shape index (κ1) is 13.4. The molecule has 3 fully saturated rings. The van der Waals surface area contributed by atoms with Crippen LogP contribution in [-0.4, -0.2) is 25.5 Å². The van der Waals surface area contributed by atoms with Crippen molar-refractivity contribution in [3.63, 3.8) is 0 Å². The maximum absolute atomic E-state index is 12.3. The number of rotatable bonds is 3. The molecule has 0 bridgehead atoms. The first-order valence-corrected chi connectivity index (χ1v) is 8.18. The van der Waals surface area contributed by atoms with E-state index in [0.29, 0.717) is 17.2 Å². The Labute approximate surface area is 116 Å². The molecule has 0 aromatic rings. The van der Waals surface area contributed by atoms with Crippen molar-refractivity contribution in [1.82, 2.24) is 10.6 Å². The minimum atomic E-state index is 0.331. The monoisotopic (exact) mass is 264 g/mol. The molecule has 3 heteroatoms. The van der Waals surface area contributed by atoms with Crippen LogP contribution >= 0.6 is 0 Å². The molecule has 2 N–H and O–H groups in total. The number of carbonyl (C=O) groups excluding carboxylic acids is 1. The van der Waals surface area contributed by atoms with E-state index in [2.05, 4.69) is 17.6 Å². The third kappa shape index (κ3) is 2.96. The van der Waals surface area contributed by atoms with Gasteiger partial charge in [-0.1, -0.05) is 19.8 Å². The molecule has 0 aromatic heterocycles. The van der Waals surface area contributed by atoms with Crippen molar-refractivity contribution >= 4 is 5.91 Å². The molecule has 2 saturated carbocycles. The lowest BCUT2D eigenvalue weighted by Crippen LogP contribution is -2.36. The van der Waals surface area contributed by atoms with Gasteiger partial charge in [0.05, 0.1) is 0 Å². The molecule has 19 heavy (non-hydrogen) atoms. The summed E-state index contributed by atoms with van der Waals surface area (Å²) in [6, 6.07) is 0. The Hall–Kier alpha value is -0.570. The van der Waals surface area contributed by atoms with Crippen LogP contribution in [0, 0.1) is 23.2 Å². The molecule has 0 radical (unpaired) electrons. The third-order valence-corrected chi connectivity index (χ3v) is 5.81. The Bertz CT molecular complexity index is 328. The normalized spacial score (nSPS) is 37.0. The zero-order valence-electron chi connectivity index (χ0n) is 12.2. The molecular formula is C16H28N2O. The second-order valence-corrected chi connectivity index (χ2v) is 7.24. The van der Waals surface area contributed by atoms with Crippen LogP contribution in [0.4, 0.5) is 0 Å². The van der Waals surface area contributed by atoms with Crippen LogP contribution in [0.3, 0.4) is 0 Å². The van der Waals surface area contributed by atoms with E-state index in [1.807, 2.05) is 0 Å². The quantitative estimate of drug-likeness (QED) is 0.821. The van der Waals surface area contributed by atoms with Crippen LogP contribution in [-0.2, 0) is 4.79 Å². The second kappa shape index (κ2) is 5.43. The van der Waals surface area contributed by atoms with Crippen LogP contribution in [0.1, 0.15) is 51.9 Å². The van der Waals surface area contributed by atoms with Crippen molar-refractivity contribution in [3.05, 3.63) is 0 Å². The van der Waals surface area contributed by atoms with Gasteiger partial charge in [0.15, 0.2) is 0 Å². The smallest absolute Gasteiger partial charge is 0.223 e. The molecule has 1 saturated heterocycles. The molecule has 1 atom stereocenters. The highest BCUT2D eigenvalue weighted by Crippen LogP contribution is 2.58. The van der Waals surface area contributed by atoms with Crippen molar-refractivity contribution in [3.8, 4) is 0 Å². The maximum Gasteiger partial charge on any atom is 0.223 e. The Morgan fingerprint density at radius 1 is 1.21 bits per heavy atom. The van der Waals surface area contributed by atoms with Gasteiger partial charge >= 0.3 is 0 Å². The summed E-state index contributed by atoms with van der Waals surface area (Å²) in [7, 11) is 0. The summed E-state index contributed by atoms with van der Waals surface area (Å²) in [5.41, 5.74) is 0.385. The summed E-state index contributed by atoms with van der Waals surface area (Å²) in [6.07, 6.45) is 8.85. The molecule has 1 aliphatic heterocycles. The molecule has 1 amide bonds. The number of hydrogen-bond acceptors (Lipinski definition) is 2. The van der Waals surface area contributed by atoms with Gasteiger partial charge in [0.1, 0.15) is 0 Å². The van der Waals surface area contributed by atoms with Gasteiger partial charge in [-0.15, -0.1) is 0 Å². The summed E-state index contributed by atoms with van der Waals surface area (Å²) < 4.78 is 0. The lowest BCUT2D eigenvalue weighted by Gasteiger charge is -2.27. The van der Waals surface area contributed by atoms with Gasteiger partial charge in [-0.25, -0.2) is 0 Å². The van der Waals surface area contributed by atoms with Crippen molar-refractivity contribution in [2.45, 2.75) is 51.9 Å². The Kier molecular flexibility index (Phi) is 3.84. The SMILES string of the molecule is CC1CCC(CNC(=O)C2CC23CCNCC3)CC1. The maximum atomic E-state index is 12.3. The van der Waals surface area contributed by atoms with E-state index >= 15 is 0 Å². The molecule has 1 spiro atoms. The van der Waals surface area contributed by atoms with Crippen molar-refractivity contribution in [1.29, 1.82) is 0 Å². The standard InChI is InChI=1S/C16H28N2O/c1-12-2-4-13(5-3-12)11-18-15(19)14-10-16(14)6-8-17-9-7-16/h12-14,17H,2-11H2,1H3,(H,18,19). The van der Waals surface area contributed by atoms with Crippen LogP contribution in [0.2, 0.25) is 0 Å². The predicted molar refractivity (Wildman–Crippen MR) is 76.8 cm³/mol. The summed E-state index contributed by atoms with van der Waals surface area (Å²) in [6.45, 7) is 5.48. The van der Waals surface area contributed by atoms with Gasteiger partial charge in [0, 0.05) is 12.5 Å². The molecule has 1 unspecified atom stereocenters. The van der Waals surface area contributed by atoms with Gasteiger partial charge in [-0.3, -0.25) is 4.79 Å². The van der Waals surface area contributed by atoms with Gasteiger partial charge < -0.3 is 10.6 Å². The van der Waals surface area contributed by atoms with E-state index in [1.54, 1.807) is 0 Å². The number of hydrogen-bond donors (Lipinski definition) is 2. The topological polar surface area (TPSA) is 41.1 Å². The number of carbonyl (C=O) groups is 1. The molecule has 2 aliphatic carbocycles. The van der Waals surface area contributed by atoms with Crippen LogP contribution < -0.4 is 10.6 Å². The summed E-state index contributed by atoms with van der Waals surface area (Å²) in [5.74, 6) is 2.31. The number of amides is 1. The average Bonchev–Trinajstić information content (AvgIpc) is 3.12. The minimum Gasteiger partial charge on any atom is -0.356 e. The van der Waals surface area contributed by atoms with Gasteiger partial charge in [-0.05, 0) is 62.4 Å². The fourth-order valence-electron chi connectivity index (χ4n) is 4.10. The van der Waals surface area contributed by atoms with E-state index in [0.717, 1.165) is 37.9 Å². The summed E-state index contributed by atoms with van der Waals surface area (Å²) in [5, 5.41) is 6.64. The number of nitrogens with one attached hydrogen (secondary N) is 2. The highest BCUT2D eigenvalue weighted by atomic mass is 16.2. The zero-order chi connectivity index (χ0) is 13.3. The summed E-state index contributed by atoms with van der Waals surface area (Å²) in [4.78, 5) is 12.3. The lowest BCUT2D eigenvalue weighted by atomic mass is 9.83. The fraction of sp³-hybridized carbons (Fsp3) is 0.938. The predicted octanol–water partition coefficient (Wildman–Crippen LogP) is 2.32. The second-order valence-electron chi connectivity index (χ2n) is 7.24. The minimum absolute atomic E-state index is 0.331. The first-order valence-electron chi connectivity index (χ1n) is 8.18. The van der Waals surface area contributed by atoms with E-state index in [1.165, 1.54) is 38.5 Å². The average molecular weight is 264 g/mol. The number of piperidine rings is 1. The van der Waals surface area contributed by atoms with Crippen molar-refractivity contribution in [2.75, 3.05) is 19.6 Å². The first-order chi connectivity index (χ1) is 9.20. The van der Waals surface area contributed by atoms with Crippen LogP contribution in [0.15, 0.2) is 0 Å². The summed E-state index contributed by atoms with van der Waals surface area (Å²) >= 11 is 0.